The van der Waals surface area contributed by atoms with Crippen LogP contribution in [-0.4, -0.2) is 29.4 Å². The lowest BCUT2D eigenvalue weighted by molar-refractivity contribution is 0.340. The Hall–Kier alpha value is -4.13. The van der Waals surface area contributed by atoms with Crippen LogP contribution in [-0.2, 0) is 0 Å². The Morgan fingerprint density at radius 1 is 0.938 bits per heavy atom. The van der Waals surface area contributed by atoms with Crippen LogP contribution in [0.1, 0.15) is 19.4 Å². The van der Waals surface area contributed by atoms with Gasteiger partial charge >= 0.3 is 0 Å². The molecule has 0 aliphatic rings. The molecule has 4 rings (SSSR count). The van der Waals surface area contributed by atoms with Gasteiger partial charge in [-0.05, 0) is 62.4 Å². The third-order valence-electron chi connectivity index (χ3n) is 4.89. The summed E-state index contributed by atoms with van der Waals surface area (Å²) in [5, 5.41) is 11.8. The first-order valence-electron chi connectivity index (χ1n) is 10.5. The van der Waals surface area contributed by atoms with Gasteiger partial charge < -0.3 is 25.9 Å². The second-order valence-electron chi connectivity index (χ2n) is 7.08. The number of rotatable bonds is 8. The molecule has 4 N–H and O–H groups in total. The van der Waals surface area contributed by atoms with Crippen LogP contribution < -0.4 is 20.5 Å². The number of ether oxygens (including phenoxy) is 2. The van der Waals surface area contributed by atoms with Gasteiger partial charge in [0.25, 0.3) is 0 Å². The summed E-state index contributed by atoms with van der Waals surface area (Å²) < 4.78 is 11.3. The zero-order valence-corrected chi connectivity index (χ0v) is 18.1. The molecule has 0 amide bonds. The zero-order valence-electron chi connectivity index (χ0n) is 18.1. The Morgan fingerprint density at radius 3 is 2.47 bits per heavy atom. The first-order chi connectivity index (χ1) is 15.6. The van der Waals surface area contributed by atoms with Crippen LogP contribution >= 0.6 is 0 Å². The second kappa shape index (κ2) is 9.34. The monoisotopic (exact) mass is 427 g/mol. The number of benzene rings is 3. The molecule has 162 valence electrons. The minimum Gasteiger partial charge on any atom is -0.494 e. The number of nitrogen functional groups attached to an aromatic ring is 1. The molecule has 7 nitrogen and oxygen atoms in total. The van der Waals surface area contributed by atoms with Gasteiger partial charge in [0.2, 0.25) is 0 Å². The Morgan fingerprint density at radius 2 is 1.72 bits per heavy atom. The number of anilines is 3. The van der Waals surface area contributed by atoms with Gasteiger partial charge in [-0.25, -0.2) is 9.97 Å². The van der Waals surface area contributed by atoms with Gasteiger partial charge in [-0.3, -0.25) is 0 Å². The highest BCUT2D eigenvalue weighted by Crippen LogP contribution is 2.31. The fourth-order valence-corrected chi connectivity index (χ4v) is 3.39. The lowest BCUT2D eigenvalue weighted by Crippen LogP contribution is -2.02. The second-order valence-corrected chi connectivity index (χ2v) is 7.08. The summed E-state index contributed by atoms with van der Waals surface area (Å²) in [5.41, 5.74) is 9.53. The molecule has 32 heavy (non-hydrogen) atoms. The first kappa shape index (κ1) is 21.1. The fourth-order valence-electron chi connectivity index (χ4n) is 3.39. The molecule has 4 aromatic rings. The summed E-state index contributed by atoms with van der Waals surface area (Å²) in [4.78, 5) is 9.60. The molecule has 0 spiro atoms. The number of nitrogens with two attached hydrogens (primary N) is 1. The van der Waals surface area contributed by atoms with Crippen molar-refractivity contribution < 1.29 is 9.47 Å². The van der Waals surface area contributed by atoms with Gasteiger partial charge in [-0.15, -0.1) is 0 Å². The molecule has 0 unspecified atom stereocenters. The number of hydrogen-bond donors (Lipinski definition) is 3. The van der Waals surface area contributed by atoms with Gasteiger partial charge in [-0.2, -0.15) is 0 Å². The average Bonchev–Trinajstić information content (AvgIpc) is 2.81. The van der Waals surface area contributed by atoms with Gasteiger partial charge in [0.1, 0.15) is 17.3 Å². The van der Waals surface area contributed by atoms with E-state index < -0.39 is 0 Å². The van der Waals surface area contributed by atoms with Crippen LogP contribution in [0.3, 0.4) is 0 Å². The molecule has 7 heteroatoms. The summed E-state index contributed by atoms with van der Waals surface area (Å²) in [6.45, 7) is 5.05. The molecule has 0 bridgehead atoms. The molecule has 0 saturated carbocycles. The number of fused-ring (bicyclic) bond motifs is 1. The topological polar surface area (TPSA) is 106 Å². The number of nitrogens with one attached hydrogen (secondary N) is 2. The SMILES string of the molecule is CCOc1cccc(-c2nc(Nc3ccc(N)c(C=N)c3)c3cc(OCC)ccc3n2)c1. The summed E-state index contributed by atoms with van der Waals surface area (Å²) in [7, 11) is 0. The van der Waals surface area contributed by atoms with Crippen molar-refractivity contribution in [3.63, 3.8) is 0 Å². The van der Waals surface area contributed by atoms with Crippen molar-refractivity contribution in [2.75, 3.05) is 24.3 Å². The molecular formula is C25H25N5O2. The highest BCUT2D eigenvalue weighted by atomic mass is 16.5. The molecule has 0 saturated heterocycles. The van der Waals surface area contributed by atoms with Crippen LogP contribution in [0.5, 0.6) is 11.5 Å². The predicted octanol–water partition coefficient (Wildman–Crippen LogP) is 5.42. The Bertz CT molecular complexity index is 1270. The van der Waals surface area contributed by atoms with Crippen LogP contribution in [0, 0.1) is 5.41 Å². The van der Waals surface area contributed by atoms with E-state index in [1.165, 1.54) is 6.21 Å². The lowest BCUT2D eigenvalue weighted by Gasteiger charge is -2.14. The Balaban J connectivity index is 1.84. The number of nitrogens with zero attached hydrogens (tertiary/aromatic N) is 2. The minimum absolute atomic E-state index is 0.546. The summed E-state index contributed by atoms with van der Waals surface area (Å²) >= 11 is 0. The molecular weight excluding hydrogens is 402 g/mol. The van der Waals surface area contributed by atoms with E-state index in [9.17, 15) is 0 Å². The third kappa shape index (κ3) is 4.46. The molecule has 0 radical (unpaired) electrons. The van der Waals surface area contributed by atoms with Crippen LogP contribution in [0.15, 0.2) is 60.7 Å². The van der Waals surface area contributed by atoms with Crippen molar-refractivity contribution in [1.82, 2.24) is 9.97 Å². The molecule has 1 heterocycles. The molecule has 0 atom stereocenters. The maximum absolute atomic E-state index is 7.58. The average molecular weight is 428 g/mol. The Kier molecular flexibility index (Phi) is 6.17. The van der Waals surface area contributed by atoms with Crippen molar-refractivity contribution in [1.29, 1.82) is 5.41 Å². The first-order valence-corrected chi connectivity index (χ1v) is 10.5. The molecule has 0 aliphatic carbocycles. The third-order valence-corrected chi connectivity index (χ3v) is 4.89. The zero-order chi connectivity index (χ0) is 22.5. The maximum Gasteiger partial charge on any atom is 0.162 e. The van der Waals surface area contributed by atoms with E-state index in [1.54, 1.807) is 6.07 Å². The summed E-state index contributed by atoms with van der Waals surface area (Å²) in [5.74, 6) is 2.72. The van der Waals surface area contributed by atoms with Crippen molar-refractivity contribution in [3.05, 3.63) is 66.2 Å². The van der Waals surface area contributed by atoms with E-state index in [0.717, 1.165) is 33.7 Å². The van der Waals surface area contributed by atoms with Gasteiger partial charge in [0, 0.05) is 34.1 Å². The van der Waals surface area contributed by atoms with E-state index in [0.29, 0.717) is 36.1 Å². The van der Waals surface area contributed by atoms with E-state index in [4.69, 9.17) is 30.6 Å². The van der Waals surface area contributed by atoms with E-state index in [2.05, 4.69) is 5.32 Å². The van der Waals surface area contributed by atoms with Crippen LogP contribution in [0.4, 0.5) is 17.2 Å². The summed E-state index contributed by atoms with van der Waals surface area (Å²) in [6, 6.07) is 18.9. The van der Waals surface area contributed by atoms with Crippen molar-refractivity contribution in [3.8, 4) is 22.9 Å². The van der Waals surface area contributed by atoms with Gasteiger partial charge in [-0.1, -0.05) is 12.1 Å². The summed E-state index contributed by atoms with van der Waals surface area (Å²) in [6.07, 6.45) is 1.23. The maximum atomic E-state index is 7.58. The normalized spacial score (nSPS) is 10.7. The quantitative estimate of drug-likeness (QED) is 0.256. The van der Waals surface area contributed by atoms with Crippen molar-refractivity contribution in [2.24, 2.45) is 0 Å². The lowest BCUT2D eigenvalue weighted by atomic mass is 10.1. The smallest absolute Gasteiger partial charge is 0.162 e. The van der Waals surface area contributed by atoms with Crippen LogP contribution in [0.2, 0.25) is 0 Å². The van der Waals surface area contributed by atoms with Crippen molar-refractivity contribution >= 4 is 34.3 Å². The molecule has 0 aliphatic heterocycles. The minimum atomic E-state index is 0.546. The molecule has 3 aromatic carbocycles. The standard InChI is InChI=1S/C25H25N5O2/c1-3-31-19-7-5-6-16(13-19)24-29-23-11-9-20(32-4-2)14-21(23)25(30-24)28-18-8-10-22(27)17(12-18)15-26/h5-15,26H,3-4,27H2,1-2H3,(H,28,29,30). The highest BCUT2D eigenvalue weighted by Gasteiger charge is 2.12. The largest absolute Gasteiger partial charge is 0.494 e. The number of aromatic nitrogens is 2. The Labute approximate surface area is 186 Å². The van der Waals surface area contributed by atoms with E-state index in [1.807, 2.05) is 68.4 Å². The fraction of sp³-hybridized carbons (Fsp3) is 0.160. The van der Waals surface area contributed by atoms with Crippen LogP contribution in [0.25, 0.3) is 22.3 Å². The molecule has 1 aromatic heterocycles. The highest BCUT2D eigenvalue weighted by molar-refractivity contribution is 5.94. The van der Waals surface area contributed by atoms with E-state index in [-0.39, 0.29) is 0 Å². The predicted molar refractivity (Wildman–Crippen MR) is 129 cm³/mol. The van der Waals surface area contributed by atoms with E-state index >= 15 is 0 Å². The van der Waals surface area contributed by atoms with Crippen molar-refractivity contribution in [2.45, 2.75) is 13.8 Å². The van der Waals surface area contributed by atoms with Gasteiger partial charge in [0.15, 0.2) is 5.82 Å². The number of hydrogen-bond acceptors (Lipinski definition) is 7. The van der Waals surface area contributed by atoms with Gasteiger partial charge in [0.05, 0.1) is 18.7 Å². The molecule has 0 fully saturated rings.